The SMILES string of the molecule is CC.Nc1cc(-c2ccccc2)[nH]n1. The Morgan fingerprint density at radius 2 is 1.79 bits per heavy atom. The average molecular weight is 189 g/mol. The zero-order chi connectivity index (χ0) is 10.4. The van der Waals surface area contributed by atoms with E-state index in [9.17, 15) is 0 Å². The van der Waals surface area contributed by atoms with Crippen molar-refractivity contribution < 1.29 is 0 Å². The Morgan fingerprint density at radius 3 is 2.29 bits per heavy atom. The fraction of sp³-hybridized carbons (Fsp3) is 0.182. The highest BCUT2D eigenvalue weighted by molar-refractivity contribution is 5.61. The van der Waals surface area contributed by atoms with E-state index in [1.165, 1.54) is 0 Å². The highest BCUT2D eigenvalue weighted by Crippen LogP contribution is 2.16. The molecule has 0 aliphatic heterocycles. The van der Waals surface area contributed by atoms with Gasteiger partial charge in [-0.05, 0) is 5.56 Å². The van der Waals surface area contributed by atoms with Gasteiger partial charge >= 0.3 is 0 Å². The summed E-state index contributed by atoms with van der Waals surface area (Å²) in [6.07, 6.45) is 0. The molecule has 0 atom stereocenters. The van der Waals surface area contributed by atoms with Crippen molar-refractivity contribution in [2.24, 2.45) is 0 Å². The van der Waals surface area contributed by atoms with Crippen LogP contribution >= 0.6 is 0 Å². The number of aromatic nitrogens is 2. The fourth-order valence-corrected chi connectivity index (χ4v) is 1.10. The lowest BCUT2D eigenvalue weighted by atomic mass is 10.2. The lowest BCUT2D eigenvalue weighted by Gasteiger charge is -1.93. The summed E-state index contributed by atoms with van der Waals surface area (Å²) >= 11 is 0. The van der Waals surface area contributed by atoms with Gasteiger partial charge in [0.2, 0.25) is 0 Å². The van der Waals surface area contributed by atoms with Crippen LogP contribution in [0.3, 0.4) is 0 Å². The maximum atomic E-state index is 5.47. The molecule has 0 fully saturated rings. The number of hydrogen-bond donors (Lipinski definition) is 2. The average Bonchev–Trinajstić information content (AvgIpc) is 2.69. The molecule has 0 aliphatic carbocycles. The van der Waals surface area contributed by atoms with Crippen molar-refractivity contribution in [3.63, 3.8) is 0 Å². The standard InChI is InChI=1S/C9H9N3.C2H6/c10-9-6-8(11-12-9)7-4-2-1-3-5-7;1-2/h1-6H,(H3,10,11,12);1-2H3. The minimum Gasteiger partial charge on any atom is -0.382 e. The van der Waals surface area contributed by atoms with Crippen molar-refractivity contribution in [2.75, 3.05) is 5.73 Å². The minimum absolute atomic E-state index is 0.522. The molecule has 3 N–H and O–H groups in total. The predicted octanol–water partition coefficient (Wildman–Crippen LogP) is 2.69. The van der Waals surface area contributed by atoms with Crippen molar-refractivity contribution in [3.8, 4) is 11.3 Å². The fourth-order valence-electron chi connectivity index (χ4n) is 1.10. The Bertz CT molecular complexity index is 365. The molecular formula is C11H15N3. The van der Waals surface area contributed by atoms with E-state index in [4.69, 9.17) is 5.73 Å². The molecule has 0 bridgehead atoms. The number of nitrogen functional groups attached to an aromatic ring is 1. The van der Waals surface area contributed by atoms with Crippen molar-refractivity contribution in [3.05, 3.63) is 36.4 Å². The first-order valence-corrected chi connectivity index (χ1v) is 4.72. The van der Waals surface area contributed by atoms with Gasteiger partial charge in [0.15, 0.2) is 0 Å². The second-order valence-electron chi connectivity index (χ2n) is 2.57. The Morgan fingerprint density at radius 1 is 1.14 bits per heavy atom. The molecule has 0 saturated heterocycles. The summed E-state index contributed by atoms with van der Waals surface area (Å²) in [5.41, 5.74) is 7.52. The summed E-state index contributed by atoms with van der Waals surface area (Å²) in [5.74, 6) is 0.522. The summed E-state index contributed by atoms with van der Waals surface area (Å²) < 4.78 is 0. The number of rotatable bonds is 1. The molecule has 2 aromatic rings. The molecular weight excluding hydrogens is 174 g/mol. The maximum Gasteiger partial charge on any atom is 0.145 e. The molecule has 1 aromatic carbocycles. The summed E-state index contributed by atoms with van der Waals surface area (Å²) in [6.45, 7) is 4.00. The summed E-state index contributed by atoms with van der Waals surface area (Å²) in [7, 11) is 0. The zero-order valence-electron chi connectivity index (χ0n) is 8.49. The molecule has 1 aromatic heterocycles. The first kappa shape index (κ1) is 10.3. The van der Waals surface area contributed by atoms with Gasteiger partial charge in [-0.25, -0.2) is 0 Å². The first-order valence-electron chi connectivity index (χ1n) is 4.72. The van der Waals surface area contributed by atoms with E-state index in [0.717, 1.165) is 11.3 Å². The van der Waals surface area contributed by atoms with Crippen molar-refractivity contribution in [1.29, 1.82) is 0 Å². The Kier molecular flexibility index (Phi) is 3.73. The first-order chi connectivity index (χ1) is 6.86. The van der Waals surface area contributed by atoms with Crippen LogP contribution in [-0.4, -0.2) is 10.2 Å². The zero-order valence-corrected chi connectivity index (χ0v) is 8.49. The number of H-pyrrole nitrogens is 1. The van der Waals surface area contributed by atoms with E-state index >= 15 is 0 Å². The third-order valence-electron chi connectivity index (χ3n) is 1.68. The van der Waals surface area contributed by atoms with Crippen molar-refractivity contribution in [1.82, 2.24) is 10.2 Å². The number of nitrogens with two attached hydrogens (primary N) is 1. The van der Waals surface area contributed by atoms with Crippen molar-refractivity contribution >= 4 is 5.82 Å². The van der Waals surface area contributed by atoms with E-state index in [0.29, 0.717) is 5.82 Å². The minimum atomic E-state index is 0.522. The molecule has 0 radical (unpaired) electrons. The summed E-state index contributed by atoms with van der Waals surface area (Å²) in [6, 6.07) is 11.8. The van der Waals surface area contributed by atoms with Crippen LogP contribution in [0.4, 0.5) is 5.82 Å². The number of anilines is 1. The second kappa shape index (κ2) is 5.07. The molecule has 14 heavy (non-hydrogen) atoms. The van der Waals surface area contributed by atoms with Gasteiger partial charge in [-0.1, -0.05) is 44.2 Å². The topological polar surface area (TPSA) is 54.7 Å². The van der Waals surface area contributed by atoms with Crippen LogP contribution in [0, 0.1) is 0 Å². The second-order valence-corrected chi connectivity index (χ2v) is 2.57. The largest absolute Gasteiger partial charge is 0.382 e. The monoisotopic (exact) mass is 189 g/mol. The third-order valence-corrected chi connectivity index (χ3v) is 1.68. The van der Waals surface area contributed by atoms with Gasteiger partial charge in [0.1, 0.15) is 5.82 Å². The number of benzene rings is 1. The van der Waals surface area contributed by atoms with Gasteiger partial charge in [-0.2, -0.15) is 5.10 Å². The Labute approximate surface area is 84.0 Å². The van der Waals surface area contributed by atoms with E-state index in [1.807, 2.05) is 50.2 Å². The van der Waals surface area contributed by atoms with Crippen LogP contribution in [0.25, 0.3) is 11.3 Å². The van der Waals surface area contributed by atoms with Crippen LogP contribution in [0.1, 0.15) is 13.8 Å². The molecule has 0 saturated carbocycles. The van der Waals surface area contributed by atoms with Gasteiger partial charge in [-0.15, -0.1) is 0 Å². The molecule has 0 amide bonds. The highest BCUT2D eigenvalue weighted by Gasteiger charge is 1.98. The van der Waals surface area contributed by atoms with Gasteiger partial charge < -0.3 is 5.73 Å². The lowest BCUT2D eigenvalue weighted by molar-refractivity contribution is 1.10. The van der Waals surface area contributed by atoms with E-state index < -0.39 is 0 Å². The molecule has 0 spiro atoms. The Hall–Kier alpha value is -1.77. The van der Waals surface area contributed by atoms with E-state index in [-0.39, 0.29) is 0 Å². The van der Waals surface area contributed by atoms with Gasteiger partial charge in [0.05, 0.1) is 5.69 Å². The smallest absolute Gasteiger partial charge is 0.145 e. The summed E-state index contributed by atoms with van der Waals surface area (Å²) in [4.78, 5) is 0. The number of aromatic amines is 1. The molecule has 0 unspecified atom stereocenters. The van der Waals surface area contributed by atoms with Crippen LogP contribution in [-0.2, 0) is 0 Å². The third kappa shape index (κ3) is 2.36. The lowest BCUT2D eigenvalue weighted by Crippen LogP contribution is -1.81. The van der Waals surface area contributed by atoms with Gasteiger partial charge in [0, 0.05) is 6.07 Å². The summed E-state index contributed by atoms with van der Waals surface area (Å²) in [5, 5.41) is 6.69. The van der Waals surface area contributed by atoms with E-state index in [1.54, 1.807) is 0 Å². The molecule has 74 valence electrons. The quantitative estimate of drug-likeness (QED) is 0.724. The normalized spacial score (nSPS) is 9.00. The van der Waals surface area contributed by atoms with Gasteiger partial charge in [0.25, 0.3) is 0 Å². The maximum absolute atomic E-state index is 5.47. The van der Waals surface area contributed by atoms with Crippen LogP contribution in [0.2, 0.25) is 0 Å². The molecule has 2 rings (SSSR count). The van der Waals surface area contributed by atoms with Crippen LogP contribution in [0.15, 0.2) is 36.4 Å². The molecule has 3 nitrogen and oxygen atoms in total. The number of nitrogens with zero attached hydrogens (tertiary/aromatic N) is 1. The predicted molar refractivity (Wildman–Crippen MR) is 59.8 cm³/mol. The molecule has 3 heteroatoms. The van der Waals surface area contributed by atoms with Crippen molar-refractivity contribution in [2.45, 2.75) is 13.8 Å². The molecule has 0 aliphatic rings. The van der Waals surface area contributed by atoms with Crippen LogP contribution < -0.4 is 5.73 Å². The Balaban J connectivity index is 0.000000461. The highest BCUT2D eigenvalue weighted by atomic mass is 15.2. The number of hydrogen-bond acceptors (Lipinski definition) is 2. The van der Waals surface area contributed by atoms with E-state index in [2.05, 4.69) is 10.2 Å². The number of nitrogens with one attached hydrogen (secondary N) is 1. The molecule has 1 heterocycles. The van der Waals surface area contributed by atoms with Gasteiger partial charge in [-0.3, -0.25) is 5.10 Å². The van der Waals surface area contributed by atoms with Crippen LogP contribution in [0.5, 0.6) is 0 Å².